The molecular weight excluding hydrogens is 190 g/mol. The molecule has 0 bridgehead atoms. The molecule has 3 N–H and O–H groups in total. The summed E-state index contributed by atoms with van der Waals surface area (Å²) in [5.41, 5.74) is 3.81. The van der Waals surface area contributed by atoms with Gasteiger partial charge < -0.3 is 4.42 Å². The molecule has 0 saturated carbocycles. The summed E-state index contributed by atoms with van der Waals surface area (Å²) in [6.45, 7) is 0. The third kappa shape index (κ3) is 2.43. The highest BCUT2D eigenvalue weighted by atomic mass is 16.3. The van der Waals surface area contributed by atoms with E-state index in [2.05, 4.69) is 10.4 Å². The summed E-state index contributed by atoms with van der Waals surface area (Å²) in [5, 5.41) is 0. The van der Waals surface area contributed by atoms with E-state index in [0.717, 1.165) is 17.7 Å². The molecule has 2 heterocycles. The van der Waals surface area contributed by atoms with Crippen LogP contribution >= 0.6 is 0 Å². The van der Waals surface area contributed by atoms with Crippen molar-refractivity contribution in [1.82, 2.24) is 10.4 Å². The fourth-order valence-electron chi connectivity index (χ4n) is 1.49. The second-order valence-electron chi connectivity index (χ2n) is 3.29. The van der Waals surface area contributed by atoms with E-state index in [1.165, 1.54) is 0 Å². The number of nitrogens with one attached hydrogen (secondary N) is 1. The van der Waals surface area contributed by atoms with E-state index in [0.29, 0.717) is 0 Å². The molecule has 0 aliphatic heterocycles. The highest BCUT2D eigenvalue weighted by Crippen LogP contribution is 2.16. The van der Waals surface area contributed by atoms with E-state index >= 15 is 0 Å². The van der Waals surface area contributed by atoms with E-state index in [4.69, 9.17) is 10.3 Å². The molecular formula is C11H13N3O. The van der Waals surface area contributed by atoms with Gasteiger partial charge in [-0.3, -0.25) is 16.3 Å². The molecule has 0 aromatic carbocycles. The fraction of sp³-hybridized carbons (Fsp3) is 0.182. The molecule has 0 saturated heterocycles. The highest BCUT2D eigenvalue weighted by Gasteiger charge is 2.11. The van der Waals surface area contributed by atoms with Crippen LogP contribution in [0.1, 0.15) is 17.4 Å². The number of hydrazine groups is 1. The van der Waals surface area contributed by atoms with Crippen LogP contribution in [-0.4, -0.2) is 4.98 Å². The Labute approximate surface area is 88.1 Å². The summed E-state index contributed by atoms with van der Waals surface area (Å²) < 4.78 is 5.27. The van der Waals surface area contributed by atoms with Crippen molar-refractivity contribution in [3.05, 3.63) is 54.2 Å². The molecule has 2 aromatic rings. The molecule has 1 unspecified atom stereocenters. The van der Waals surface area contributed by atoms with Crippen molar-refractivity contribution >= 4 is 0 Å². The second kappa shape index (κ2) is 4.72. The quantitative estimate of drug-likeness (QED) is 0.582. The van der Waals surface area contributed by atoms with Crippen LogP contribution in [0.3, 0.4) is 0 Å². The Morgan fingerprint density at radius 2 is 2.33 bits per heavy atom. The summed E-state index contributed by atoms with van der Waals surface area (Å²) in [7, 11) is 0. The van der Waals surface area contributed by atoms with E-state index in [1.807, 2.05) is 24.3 Å². The molecule has 2 rings (SSSR count). The molecule has 0 amide bonds. The Morgan fingerprint density at radius 3 is 2.93 bits per heavy atom. The fourth-order valence-corrected chi connectivity index (χ4v) is 1.49. The number of rotatable bonds is 4. The summed E-state index contributed by atoms with van der Waals surface area (Å²) in [5.74, 6) is 6.41. The summed E-state index contributed by atoms with van der Waals surface area (Å²) in [4.78, 5) is 4.06. The minimum atomic E-state index is 0.0323. The Balaban J connectivity index is 2.12. The zero-order chi connectivity index (χ0) is 10.5. The van der Waals surface area contributed by atoms with E-state index < -0.39 is 0 Å². The van der Waals surface area contributed by atoms with Gasteiger partial charge in [0.2, 0.25) is 0 Å². The molecule has 0 aliphatic rings. The molecule has 2 aromatic heterocycles. The van der Waals surface area contributed by atoms with Gasteiger partial charge in [-0.2, -0.15) is 0 Å². The van der Waals surface area contributed by atoms with Crippen molar-refractivity contribution in [2.24, 2.45) is 5.84 Å². The lowest BCUT2D eigenvalue weighted by Gasteiger charge is -2.13. The average Bonchev–Trinajstić information content (AvgIpc) is 2.80. The predicted molar refractivity (Wildman–Crippen MR) is 56.7 cm³/mol. The van der Waals surface area contributed by atoms with Crippen LogP contribution < -0.4 is 11.3 Å². The Morgan fingerprint density at radius 1 is 1.40 bits per heavy atom. The number of aromatic nitrogens is 1. The molecule has 78 valence electrons. The van der Waals surface area contributed by atoms with Crippen LogP contribution in [0.15, 0.2) is 47.3 Å². The normalized spacial score (nSPS) is 12.6. The SMILES string of the molecule is NNC(Cc1ccco1)c1cccnc1. The second-order valence-corrected chi connectivity index (χ2v) is 3.29. The monoisotopic (exact) mass is 203 g/mol. The van der Waals surface area contributed by atoms with Crippen molar-refractivity contribution < 1.29 is 4.42 Å². The standard InChI is InChI=1S/C11H13N3O/c12-14-11(7-10-4-2-6-15-10)9-3-1-5-13-8-9/h1-6,8,11,14H,7,12H2. The molecule has 4 heteroatoms. The summed E-state index contributed by atoms with van der Waals surface area (Å²) in [6.07, 6.45) is 5.92. The molecule has 4 nitrogen and oxygen atoms in total. The van der Waals surface area contributed by atoms with Gasteiger partial charge in [0.1, 0.15) is 5.76 Å². The predicted octanol–water partition coefficient (Wildman–Crippen LogP) is 1.42. The minimum absolute atomic E-state index is 0.0323. The number of pyridine rings is 1. The first-order valence-electron chi connectivity index (χ1n) is 4.78. The maximum atomic E-state index is 5.50. The van der Waals surface area contributed by atoms with Gasteiger partial charge in [0.05, 0.1) is 12.3 Å². The minimum Gasteiger partial charge on any atom is -0.469 e. The lowest BCUT2D eigenvalue weighted by molar-refractivity contribution is 0.454. The van der Waals surface area contributed by atoms with Crippen molar-refractivity contribution in [3.8, 4) is 0 Å². The molecule has 0 spiro atoms. The zero-order valence-electron chi connectivity index (χ0n) is 8.26. The van der Waals surface area contributed by atoms with Gasteiger partial charge in [-0.25, -0.2) is 0 Å². The number of nitrogens with two attached hydrogens (primary N) is 1. The van der Waals surface area contributed by atoms with Crippen LogP contribution in [0, 0.1) is 0 Å². The lowest BCUT2D eigenvalue weighted by Crippen LogP contribution is -2.29. The van der Waals surface area contributed by atoms with E-state index in [9.17, 15) is 0 Å². The van der Waals surface area contributed by atoms with Gasteiger partial charge in [-0.1, -0.05) is 6.07 Å². The van der Waals surface area contributed by atoms with Gasteiger partial charge in [-0.15, -0.1) is 0 Å². The van der Waals surface area contributed by atoms with Gasteiger partial charge in [-0.05, 0) is 23.8 Å². The van der Waals surface area contributed by atoms with Crippen molar-refractivity contribution in [1.29, 1.82) is 0 Å². The van der Waals surface area contributed by atoms with E-state index in [-0.39, 0.29) is 6.04 Å². The maximum Gasteiger partial charge on any atom is 0.105 e. The number of hydrogen-bond acceptors (Lipinski definition) is 4. The number of hydrogen-bond donors (Lipinski definition) is 2. The lowest BCUT2D eigenvalue weighted by atomic mass is 10.1. The van der Waals surface area contributed by atoms with Crippen molar-refractivity contribution in [3.63, 3.8) is 0 Å². The first-order chi connectivity index (χ1) is 7.40. The molecule has 15 heavy (non-hydrogen) atoms. The summed E-state index contributed by atoms with van der Waals surface area (Å²) in [6, 6.07) is 7.71. The van der Waals surface area contributed by atoms with Gasteiger partial charge in [0, 0.05) is 18.8 Å². The molecule has 1 atom stereocenters. The third-order valence-corrected chi connectivity index (χ3v) is 2.27. The van der Waals surface area contributed by atoms with Crippen LogP contribution in [0.4, 0.5) is 0 Å². The number of nitrogens with zero attached hydrogens (tertiary/aromatic N) is 1. The number of furan rings is 1. The smallest absolute Gasteiger partial charge is 0.105 e. The van der Waals surface area contributed by atoms with Crippen LogP contribution in [0.2, 0.25) is 0 Å². The Bertz CT molecular complexity index is 385. The van der Waals surface area contributed by atoms with Crippen molar-refractivity contribution in [2.75, 3.05) is 0 Å². The molecule has 0 fully saturated rings. The zero-order valence-corrected chi connectivity index (χ0v) is 8.26. The Hall–Kier alpha value is -1.65. The van der Waals surface area contributed by atoms with Crippen LogP contribution in [0.25, 0.3) is 0 Å². The van der Waals surface area contributed by atoms with Crippen LogP contribution in [0.5, 0.6) is 0 Å². The Kier molecular flexibility index (Phi) is 3.11. The highest BCUT2D eigenvalue weighted by molar-refractivity contribution is 5.16. The average molecular weight is 203 g/mol. The largest absolute Gasteiger partial charge is 0.469 e. The topological polar surface area (TPSA) is 64.1 Å². The van der Waals surface area contributed by atoms with Crippen LogP contribution in [-0.2, 0) is 6.42 Å². The molecule has 0 aliphatic carbocycles. The maximum absolute atomic E-state index is 5.50. The first kappa shape index (κ1) is 9.89. The first-order valence-corrected chi connectivity index (χ1v) is 4.78. The molecule has 0 radical (unpaired) electrons. The van der Waals surface area contributed by atoms with Gasteiger partial charge in [0.15, 0.2) is 0 Å². The van der Waals surface area contributed by atoms with Gasteiger partial charge >= 0.3 is 0 Å². The third-order valence-electron chi connectivity index (χ3n) is 2.27. The van der Waals surface area contributed by atoms with E-state index in [1.54, 1.807) is 18.7 Å². The van der Waals surface area contributed by atoms with Gasteiger partial charge in [0.25, 0.3) is 0 Å². The van der Waals surface area contributed by atoms with Crippen molar-refractivity contribution in [2.45, 2.75) is 12.5 Å². The summed E-state index contributed by atoms with van der Waals surface area (Å²) >= 11 is 0.